The lowest BCUT2D eigenvalue weighted by Crippen LogP contribution is -2.24. The van der Waals surface area contributed by atoms with Crippen LogP contribution in [0.3, 0.4) is 0 Å². The lowest BCUT2D eigenvalue weighted by molar-refractivity contribution is 0.668. The van der Waals surface area contributed by atoms with E-state index >= 15 is 0 Å². The second kappa shape index (κ2) is 14.2. The Hall–Kier alpha value is -6.46. The highest BCUT2D eigenvalue weighted by Gasteiger charge is 2.21. The molecule has 1 heterocycles. The van der Waals surface area contributed by atoms with Crippen LogP contribution in [0.25, 0.3) is 38.8 Å². The Bertz CT molecular complexity index is 2410. The van der Waals surface area contributed by atoms with E-state index in [1.165, 1.54) is 5.70 Å². The molecule has 0 fully saturated rings. The molecule has 1 atom stereocenters. The minimum absolute atomic E-state index is 0.0237. The van der Waals surface area contributed by atoms with Crippen molar-refractivity contribution >= 4 is 50.7 Å². The van der Waals surface area contributed by atoms with E-state index in [0.29, 0.717) is 23.0 Å². The van der Waals surface area contributed by atoms with Crippen molar-refractivity contribution in [3.63, 3.8) is 0 Å². The summed E-state index contributed by atoms with van der Waals surface area (Å²) in [6, 6.07) is 41.6. The van der Waals surface area contributed by atoms with E-state index in [-0.39, 0.29) is 5.92 Å². The van der Waals surface area contributed by atoms with Crippen molar-refractivity contribution in [3.05, 3.63) is 187 Å². The van der Waals surface area contributed by atoms with Gasteiger partial charge in [0.15, 0.2) is 5.84 Å². The average Bonchev–Trinajstić information content (AvgIpc) is 3.59. The predicted octanol–water partition coefficient (Wildman–Crippen LogP) is 11.5. The van der Waals surface area contributed by atoms with Crippen molar-refractivity contribution in [2.75, 3.05) is 4.90 Å². The van der Waals surface area contributed by atoms with Crippen LogP contribution in [-0.4, -0.2) is 11.7 Å². The van der Waals surface area contributed by atoms with Crippen LogP contribution in [0.5, 0.6) is 0 Å². The first-order valence-corrected chi connectivity index (χ1v) is 17.4. The number of para-hydroxylation sites is 2. The largest absolute Gasteiger partial charge is 0.455 e. The second-order valence-corrected chi connectivity index (χ2v) is 12.7. The van der Waals surface area contributed by atoms with Crippen LogP contribution in [0.2, 0.25) is 0 Å². The smallest absolute Gasteiger partial charge is 0.165 e. The molecule has 8 rings (SSSR count). The van der Waals surface area contributed by atoms with Crippen molar-refractivity contribution < 1.29 is 4.42 Å². The molecule has 51 heavy (non-hydrogen) atoms. The Morgan fingerprint density at radius 1 is 0.745 bits per heavy atom. The Morgan fingerprint density at radius 2 is 1.49 bits per heavy atom. The Morgan fingerprint density at radius 3 is 2.24 bits per heavy atom. The fraction of sp³-hybridized carbons (Fsp3) is 0.0870. The molecule has 2 aliphatic rings. The van der Waals surface area contributed by atoms with Crippen molar-refractivity contribution in [2.45, 2.75) is 19.3 Å². The summed E-state index contributed by atoms with van der Waals surface area (Å²) < 4.78 is 6.67. The molecule has 5 nitrogen and oxygen atoms in total. The van der Waals surface area contributed by atoms with Crippen LogP contribution in [0.1, 0.15) is 30.4 Å². The molecule has 0 aliphatic heterocycles. The van der Waals surface area contributed by atoms with Gasteiger partial charge in [-0.05, 0) is 78.4 Å². The second-order valence-electron chi connectivity index (χ2n) is 12.7. The van der Waals surface area contributed by atoms with Gasteiger partial charge in [0.05, 0.1) is 11.3 Å². The Balaban J connectivity index is 1.26. The third kappa shape index (κ3) is 6.50. The van der Waals surface area contributed by atoms with Gasteiger partial charge in [0.1, 0.15) is 17.0 Å². The number of nitrogens with zero attached hydrogens (tertiary/aromatic N) is 3. The monoisotopic (exact) mass is 662 g/mol. The summed E-state index contributed by atoms with van der Waals surface area (Å²) in [5.41, 5.74) is 16.0. The number of rotatable bonds is 8. The minimum atomic E-state index is -0.0237. The molecule has 0 radical (unpaired) electrons. The predicted molar refractivity (Wildman–Crippen MR) is 214 cm³/mol. The van der Waals surface area contributed by atoms with E-state index in [1.807, 2.05) is 66.7 Å². The number of hydrogen-bond acceptors (Lipinski definition) is 3. The standard InChI is InChI=1S/C46H38N4O/c1-32(33-16-6-2-7-17-33)48-46(49-45(47)35-18-8-3-9-19-35)41-31-30-39(43-40-24-14-15-25-42(40)51-44(41)43)34-26-28-38(29-27-34)50(36-20-10-4-11-21-36)37-22-12-5-13-23-37/h2-4,6-12,14-18,20-31,35H,1,5,13,19H2,(H2,47,48,49). The third-order valence-corrected chi connectivity index (χ3v) is 9.39. The summed E-state index contributed by atoms with van der Waals surface area (Å²) in [6.07, 6.45) is 17.9. The maximum absolute atomic E-state index is 6.69. The maximum Gasteiger partial charge on any atom is 0.165 e. The fourth-order valence-electron chi connectivity index (χ4n) is 6.80. The van der Waals surface area contributed by atoms with Gasteiger partial charge in [-0.2, -0.15) is 0 Å². The number of fused-ring (bicyclic) bond motifs is 3. The summed E-state index contributed by atoms with van der Waals surface area (Å²) in [5.74, 6) is 0.928. The zero-order chi connectivity index (χ0) is 34.6. The molecule has 6 aromatic rings. The molecule has 1 unspecified atom stereocenters. The van der Waals surface area contributed by atoms with Crippen LogP contribution in [0.4, 0.5) is 11.4 Å². The molecule has 0 saturated carbocycles. The van der Waals surface area contributed by atoms with Gasteiger partial charge >= 0.3 is 0 Å². The molecule has 5 aromatic carbocycles. The number of hydrogen-bond donors (Lipinski definition) is 1. The van der Waals surface area contributed by atoms with Gasteiger partial charge in [0, 0.05) is 33.8 Å². The average molecular weight is 663 g/mol. The van der Waals surface area contributed by atoms with Crippen LogP contribution in [0, 0.1) is 5.92 Å². The summed E-state index contributed by atoms with van der Waals surface area (Å²) in [4.78, 5) is 12.3. The number of amidine groups is 2. The number of nitrogens with two attached hydrogens (primary N) is 1. The SMILES string of the molecule is C=C(/N=C(\N=C(/N)C1C=CC=CC1)c1ccc(-c2ccc(N(C3=CCCC=C3)c3ccccc3)cc2)c2c1oc1ccccc12)c1ccccc1. The molecule has 1 aromatic heterocycles. The van der Waals surface area contributed by atoms with Crippen LogP contribution < -0.4 is 10.6 Å². The molecule has 0 bridgehead atoms. The highest BCUT2D eigenvalue weighted by atomic mass is 16.3. The summed E-state index contributed by atoms with van der Waals surface area (Å²) >= 11 is 0. The first-order valence-electron chi connectivity index (χ1n) is 17.4. The molecule has 0 saturated heterocycles. The number of benzene rings is 5. The topological polar surface area (TPSA) is 67.1 Å². The van der Waals surface area contributed by atoms with E-state index < -0.39 is 0 Å². The Kier molecular flexibility index (Phi) is 8.84. The van der Waals surface area contributed by atoms with E-state index in [0.717, 1.165) is 69.2 Å². The highest BCUT2D eigenvalue weighted by Crippen LogP contribution is 2.40. The molecule has 2 aliphatic carbocycles. The van der Waals surface area contributed by atoms with Crippen LogP contribution in [0.15, 0.2) is 191 Å². The van der Waals surface area contributed by atoms with Crippen molar-refractivity contribution in [1.29, 1.82) is 0 Å². The zero-order valence-electron chi connectivity index (χ0n) is 28.3. The minimum Gasteiger partial charge on any atom is -0.455 e. The molecular formula is C46H38N4O. The van der Waals surface area contributed by atoms with Crippen molar-refractivity contribution in [2.24, 2.45) is 21.6 Å². The summed E-state index contributed by atoms with van der Waals surface area (Å²) in [7, 11) is 0. The number of aliphatic imine (C=N–C) groups is 2. The normalized spacial score (nSPS) is 16.1. The third-order valence-electron chi connectivity index (χ3n) is 9.39. The number of furan rings is 1. The van der Waals surface area contributed by atoms with Gasteiger partial charge in [0.25, 0.3) is 0 Å². The van der Waals surface area contributed by atoms with Gasteiger partial charge in [-0.3, -0.25) is 0 Å². The molecular weight excluding hydrogens is 625 g/mol. The first-order chi connectivity index (χ1) is 25.1. The molecule has 2 N–H and O–H groups in total. The van der Waals surface area contributed by atoms with Gasteiger partial charge in [-0.1, -0.05) is 128 Å². The van der Waals surface area contributed by atoms with Crippen LogP contribution in [-0.2, 0) is 0 Å². The van der Waals surface area contributed by atoms with E-state index in [9.17, 15) is 0 Å². The zero-order valence-corrected chi connectivity index (χ0v) is 28.3. The van der Waals surface area contributed by atoms with Crippen molar-refractivity contribution in [1.82, 2.24) is 0 Å². The maximum atomic E-state index is 6.69. The van der Waals surface area contributed by atoms with Crippen molar-refractivity contribution in [3.8, 4) is 11.1 Å². The van der Waals surface area contributed by atoms with E-state index in [2.05, 4.69) is 109 Å². The molecule has 5 heteroatoms. The summed E-state index contributed by atoms with van der Waals surface area (Å²) in [6.45, 7) is 4.31. The van der Waals surface area contributed by atoms with Gasteiger partial charge in [-0.15, -0.1) is 0 Å². The first kappa shape index (κ1) is 31.8. The molecule has 248 valence electrons. The van der Waals surface area contributed by atoms with Gasteiger partial charge in [-0.25, -0.2) is 9.98 Å². The van der Waals surface area contributed by atoms with Gasteiger partial charge < -0.3 is 15.1 Å². The summed E-state index contributed by atoms with van der Waals surface area (Å²) in [5, 5.41) is 2.02. The highest BCUT2D eigenvalue weighted by molar-refractivity contribution is 6.21. The number of allylic oxidation sites excluding steroid dienone is 6. The van der Waals surface area contributed by atoms with E-state index in [1.54, 1.807) is 0 Å². The van der Waals surface area contributed by atoms with Crippen LogP contribution >= 0.6 is 0 Å². The fourth-order valence-corrected chi connectivity index (χ4v) is 6.80. The molecule has 0 amide bonds. The molecule has 0 spiro atoms. The van der Waals surface area contributed by atoms with E-state index in [4.69, 9.17) is 20.1 Å². The number of anilines is 2. The Labute approximate surface area is 298 Å². The lowest BCUT2D eigenvalue weighted by Gasteiger charge is -2.27. The lowest BCUT2D eigenvalue weighted by atomic mass is 9.96. The van der Waals surface area contributed by atoms with Gasteiger partial charge in [0.2, 0.25) is 0 Å². The quantitative estimate of drug-likeness (QED) is 0.130.